The summed E-state index contributed by atoms with van der Waals surface area (Å²) < 4.78 is 0. The first-order valence-corrected chi connectivity index (χ1v) is 7.21. The van der Waals surface area contributed by atoms with Crippen LogP contribution in [0.1, 0.15) is 19.0 Å². The fraction of sp³-hybridized carbons (Fsp3) is 0.467. The van der Waals surface area contributed by atoms with E-state index in [0.717, 1.165) is 42.1 Å². The number of halogens is 1. The maximum atomic E-state index is 6.39. The van der Waals surface area contributed by atoms with Gasteiger partial charge >= 0.3 is 0 Å². The molecule has 1 fully saturated rings. The van der Waals surface area contributed by atoms with E-state index in [-0.39, 0.29) is 5.38 Å². The Balaban J connectivity index is 1.98. The zero-order valence-electron chi connectivity index (χ0n) is 11.3. The number of alkyl halides is 1. The number of fused-ring (bicyclic) bond motifs is 1. The lowest BCUT2D eigenvalue weighted by molar-refractivity contribution is 0.443. The number of rotatable bonds is 1. The van der Waals surface area contributed by atoms with E-state index in [0.29, 0.717) is 5.92 Å². The van der Waals surface area contributed by atoms with Gasteiger partial charge in [-0.3, -0.25) is 0 Å². The number of aromatic nitrogens is 2. The van der Waals surface area contributed by atoms with E-state index in [2.05, 4.69) is 16.8 Å². The molecule has 0 amide bonds. The van der Waals surface area contributed by atoms with E-state index in [1.165, 1.54) is 0 Å². The predicted octanol–water partition coefficient (Wildman–Crippen LogP) is 3.39. The van der Waals surface area contributed by atoms with Gasteiger partial charge in [-0.15, -0.1) is 11.6 Å². The monoisotopic (exact) mass is 275 g/mol. The smallest absolute Gasteiger partial charge is 0.150 e. The van der Waals surface area contributed by atoms with E-state index in [1.807, 2.05) is 31.2 Å². The number of para-hydroxylation sites is 2. The molecule has 0 aliphatic carbocycles. The summed E-state index contributed by atoms with van der Waals surface area (Å²) in [6, 6.07) is 8.00. The van der Waals surface area contributed by atoms with E-state index in [9.17, 15) is 0 Å². The summed E-state index contributed by atoms with van der Waals surface area (Å²) in [5.74, 6) is 1.56. The lowest BCUT2D eigenvalue weighted by Crippen LogP contribution is -2.41. The average molecular weight is 276 g/mol. The van der Waals surface area contributed by atoms with Crippen LogP contribution in [0.25, 0.3) is 11.0 Å². The van der Waals surface area contributed by atoms with Gasteiger partial charge in [-0.1, -0.05) is 19.1 Å². The van der Waals surface area contributed by atoms with Gasteiger partial charge in [-0.05, 0) is 31.4 Å². The highest BCUT2D eigenvalue weighted by Gasteiger charge is 2.26. The Morgan fingerprint density at radius 2 is 1.89 bits per heavy atom. The fourth-order valence-electron chi connectivity index (χ4n) is 2.59. The topological polar surface area (TPSA) is 29.0 Å². The van der Waals surface area contributed by atoms with Gasteiger partial charge < -0.3 is 4.90 Å². The van der Waals surface area contributed by atoms with E-state index in [1.54, 1.807) is 0 Å². The van der Waals surface area contributed by atoms with Gasteiger partial charge in [0.25, 0.3) is 0 Å². The third kappa shape index (κ3) is 2.39. The van der Waals surface area contributed by atoms with Crippen LogP contribution < -0.4 is 4.90 Å². The second kappa shape index (κ2) is 4.97. The van der Waals surface area contributed by atoms with Crippen molar-refractivity contribution in [1.82, 2.24) is 9.97 Å². The predicted molar refractivity (Wildman–Crippen MR) is 79.9 cm³/mol. The van der Waals surface area contributed by atoms with Crippen LogP contribution in [0.15, 0.2) is 24.3 Å². The van der Waals surface area contributed by atoms with Crippen LogP contribution in [0.3, 0.4) is 0 Å². The molecule has 1 aromatic carbocycles. The second-order valence-corrected chi connectivity index (χ2v) is 5.91. The Hall–Kier alpha value is -1.35. The van der Waals surface area contributed by atoms with Gasteiger partial charge in [0.05, 0.1) is 22.1 Å². The molecule has 0 saturated carbocycles. The molecule has 2 heterocycles. The molecule has 2 aromatic rings. The van der Waals surface area contributed by atoms with E-state index < -0.39 is 0 Å². The summed E-state index contributed by atoms with van der Waals surface area (Å²) in [5.41, 5.74) is 2.89. The zero-order valence-corrected chi connectivity index (χ0v) is 12.1. The molecule has 1 aliphatic rings. The number of aryl methyl sites for hydroxylation is 1. The lowest BCUT2D eigenvalue weighted by atomic mass is 9.98. The van der Waals surface area contributed by atoms with Crippen molar-refractivity contribution in [2.45, 2.75) is 25.6 Å². The van der Waals surface area contributed by atoms with Crippen molar-refractivity contribution < 1.29 is 0 Å². The Bertz CT molecular complexity index is 599. The highest BCUT2D eigenvalue weighted by Crippen LogP contribution is 2.27. The Kier molecular flexibility index (Phi) is 3.31. The molecule has 2 unspecified atom stereocenters. The number of hydrogen-bond acceptors (Lipinski definition) is 3. The van der Waals surface area contributed by atoms with Crippen LogP contribution in [-0.4, -0.2) is 28.4 Å². The van der Waals surface area contributed by atoms with Gasteiger partial charge in [0.2, 0.25) is 0 Å². The van der Waals surface area contributed by atoms with Gasteiger partial charge in [-0.2, -0.15) is 0 Å². The van der Waals surface area contributed by atoms with Gasteiger partial charge in [-0.25, -0.2) is 9.97 Å². The summed E-state index contributed by atoms with van der Waals surface area (Å²) in [6.45, 7) is 6.11. The minimum absolute atomic E-state index is 0.196. The number of nitrogens with zero attached hydrogens (tertiary/aromatic N) is 3. The molecule has 3 rings (SSSR count). The van der Waals surface area contributed by atoms with Gasteiger partial charge in [0.1, 0.15) is 0 Å². The normalized spacial score (nSPS) is 23.8. The molecule has 1 aliphatic heterocycles. The van der Waals surface area contributed by atoms with E-state index >= 15 is 0 Å². The van der Waals surface area contributed by atoms with Crippen molar-refractivity contribution in [3.63, 3.8) is 0 Å². The summed E-state index contributed by atoms with van der Waals surface area (Å²) >= 11 is 6.39. The van der Waals surface area contributed by atoms with Crippen LogP contribution in [0, 0.1) is 12.8 Å². The molecule has 4 heteroatoms. The zero-order chi connectivity index (χ0) is 13.4. The Labute approximate surface area is 118 Å². The molecular formula is C15H18ClN3. The summed E-state index contributed by atoms with van der Waals surface area (Å²) in [6.07, 6.45) is 1.11. The minimum Gasteiger partial charge on any atom is -0.354 e. The molecular weight excluding hydrogens is 258 g/mol. The third-order valence-corrected chi connectivity index (χ3v) is 4.45. The Morgan fingerprint density at radius 3 is 2.58 bits per heavy atom. The Morgan fingerprint density at radius 1 is 1.21 bits per heavy atom. The van der Waals surface area contributed by atoms with Crippen molar-refractivity contribution in [1.29, 1.82) is 0 Å². The molecule has 0 bridgehead atoms. The molecule has 0 spiro atoms. The number of hydrogen-bond donors (Lipinski definition) is 0. The van der Waals surface area contributed by atoms with Gasteiger partial charge in [0.15, 0.2) is 5.82 Å². The molecule has 1 aromatic heterocycles. The van der Waals surface area contributed by atoms with Crippen molar-refractivity contribution in [3.8, 4) is 0 Å². The van der Waals surface area contributed by atoms with Crippen LogP contribution in [0.2, 0.25) is 0 Å². The molecule has 100 valence electrons. The SMILES string of the molecule is Cc1nc2ccccc2nc1N1CCC(C)C(Cl)C1. The van der Waals surface area contributed by atoms with Crippen molar-refractivity contribution in [2.75, 3.05) is 18.0 Å². The average Bonchev–Trinajstić information content (AvgIpc) is 2.41. The maximum absolute atomic E-state index is 6.39. The fourth-order valence-corrected chi connectivity index (χ4v) is 2.89. The maximum Gasteiger partial charge on any atom is 0.150 e. The quantitative estimate of drug-likeness (QED) is 0.747. The summed E-state index contributed by atoms with van der Waals surface area (Å²) in [4.78, 5) is 11.7. The van der Waals surface area contributed by atoms with Crippen LogP contribution in [0.5, 0.6) is 0 Å². The first-order valence-electron chi connectivity index (χ1n) is 6.77. The van der Waals surface area contributed by atoms with E-state index in [4.69, 9.17) is 16.6 Å². The molecule has 0 radical (unpaired) electrons. The van der Waals surface area contributed by atoms with Crippen molar-refractivity contribution in [2.24, 2.45) is 5.92 Å². The molecule has 2 atom stereocenters. The highest BCUT2D eigenvalue weighted by atomic mass is 35.5. The second-order valence-electron chi connectivity index (χ2n) is 5.35. The van der Waals surface area contributed by atoms with Crippen molar-refractivity contribution in [3.05, 3.63) is 30.0 Å². The first-order chi connectivity index (χ1) is 9.15. The van der Waals surface area contributed by atoms with Crippen LogP contribution >= 0.6 is 11.6 Å². The number of piperidine rings is 1. The largest absolute Gasteiger partial charge is 0.354 e. The minimum atomic E-state index is 0.196. The summed E-state index contributed by atoms with van der Waals surface area (Å²) in [5, 5.41) is 0.196. The van der Waals surface area contributed by atoms with Crippen molar-refractivity contribution >= 4 is 28.5 Å². The number of benzene rings is 1. The third-order valence-electron chi connectivity index (χ3n) is 3.89. The lowest BCUT2D eigenvalue weighted by Gasteiger charge is -2.35. The van der Waals surface area contributed by atoms with Gasteiger partial charge in [0, 0.05) is 13.1 Å². The first kappa shape index (κ1) is 12.7. The molecule has 3 nitrogen and oxygen atoms in total. The van der Waals surface area contributed by atoms with Crippen LogP contribution in [-0.2, 0) is 0 Å². The standard InChI is InChI=1S/C15H18ClN3/c1-10-7-8-19(9-12(10)16)15-11(2)17-13-5-3-4-6-14(13)18-15/h3-6,10,12H,7-9H2,1-2H3. The number of anilines is 1. The van der Waals surface area contributed by atoms with Crippen LogP contribution in [0.4, 0.5) is 5.82 Å². The highest BCUT2D eigenvalue weighted by molar-refractivity contribution is 6.21. The molecule has 0 N–H and O–H groups in total. The summed E-state index contributed by atoms with van der Waals surface area (Å²) in [7, 11) is 0. The molecule has 1 saturated heterocycles. The molecule has 19 heavy (non-hydrogen) atoms.